The van der Waals surface area contributed by atoms with Gasteiger partial charge in [-0.15, -0.1) is 0 Å². The van der Waals surface area contributed by atoms with Gasteiger partial charge in [0, 0.05) is 7.11 Å². The van der Waals surface area contributed by atoms with Crippen LogP contribution in [-0.2, 0) is 16.8 Å². The van der Waals surface area contributed by atoms with Crippen molar-refractivity contribution in [3.8, 4) is 0 Å². The molecule has 0 saturated heterocycles. The third-order valence-electron chi connectivity index (χ3n) is 1.54. The number of hydrogen-bond donors (Lipinski definition) is 0. The lowest BCUT2D eigenvalue weighted by atomic mass is 11.8. The van der Waals surface area contributed by atoms with Gasteiger partial charge in [0.25, 0.3) is 0 Å². The van der Waals surface area contributed by atoms with Crippen LogP contribution in [0.1, 0.15) is 0 Å². The fraction of sp³-hybridized carbons (Fsp3) is 1.00. The molecule has 0 aromatic heterocycles. The lowest BCUT2D eigenvalue weighted by Crippen LogP contribution is -2.61. The summed E-state index contributed by atoms with van der Waals surface area (Å²) in [7, 11) is -6.69. The van der Waals surface area contributed by atoms with E-state index >= 15 is 0 Å². The van der Waals surface area contributed by atoms with Crippen molar-refractivity contribution in [2.45, 2.75) is 58.9 Å². The highest BCUT2D eigenvalue weighted by Gasteiger charge is 2.52. The first-order valence-corrected chi connectivity index (χ1v) is 18.2. The lowest BCUT2D eigenvalue weighted by molar-refractivity contribution is 0.110. The Labute approximate surface area is 117 Å². The zero-order chi connectivity index (χ0) is 14.8. The van der Waals surface area contributed by atoms with Crippen LogP contribution in [0.2, 0.25) is 58.9 Å². The number of rotatable bonds is 7. The number of hydrogen-bond acceptors (Lipinski definition) is 4. The molecule has 0 N–H and O–H groups in total. The third kappa shape index (κ3) is 8.75. The molecule has 0 saturated carbocycles. The first-order chi connectivity index (χ1) is 7.68. The molecular weight excluding hydrogens is 296 g/mol. The molecule has 4 nitrogen and oxygen atoms in total. The van der Waals surface area contributed by atoms with Crippen LogP contribution in [0, 0.1) is 0 Å². The molecule has 0 aromatic carbocycles. The predicted octanol–water partition coefficient (Wildman–Crippen LogP) is 3.62. The quantitative estimate of drug-likeness (QED) is 0.670. The summed E-state index contributed by atoms with van der Waals surface area (Å²) < 4.78 is 24.3. The van der Waals surface area contributed by atoms with Crippen LogP contribution >= 0.6 is 0 Å². The van der Waals surface area contributed by atoms with Crippen molar-refractivity contribution in [1.29, 1.82) is 0 Å². The van der Waals surface area contributed by atoms with Crippen molar-refractivity contribution in [3.63, 3.8) is 0 Å². The fourth-order valence-corrected chi connectivity index (χ4v) is 12.9. The second kappa shape index (κ2) is 6.00. The molecular formula is C10H30O4Si4. The molecule has 8 heteroatoms. The van der Waals surface area contributed by atoms with Crippen molar-refractivity contribution in [2.24, 2.45) is 0 Å². The molecule has 0 aliphatic heterocycles. The zero-order valence-electron chi connectivity index (χ0n) is 13.6. The summed E-state index contributed by atoms with van der Waals surface area (Å²) >= 11 is 0. The Morgan fingerprint density at radius 3 is 0.833 bits per heavy atom. The summed E-state index contributed by atoms with van der Waals surface area (Å²) in [5.74, 6) is 0. The first kappa shape index (κ1) is 18.7. The van der Waals surface area contributed by atoms with E-state index in [1.165, 1.54) is 0 Å². The molecule has 0 aromatic rings. The Balaban J connectivity index is 5.20. The van der Waals surface area contributed by atoms with E-state index in [4.69, 9.17) is 16.8 Å². The minimum atomic E-state index is -2.99. The van der Waals surface area contributed by atoms with Crippen LogP contribution in [-0.4, -0.2) is 41.1 Å². The highest BCUT2D eigenvalue weighted by molar-refractivity contribution is 6.87. The van der Waals surface area contributed by atoms with E-state index in [9.17, 15) is 0 Å². The maximum Gasteiger partial charge on any atom is 0.647 e. The van der Waals surface area contributed by atoms with Gasteiger partial charge in [-0.05, 0) is 58.9 Å². The summed E-state index contributed by atoms with van der Waals surface area (Å²) in [6, 6.07) is 0. The molecule has 0 rings (SSSR count). The van der Waals surface area contributed by atoms with Gasteiger partial charge < -0.3 is 16.8 Å². The van der Waals surface area contributed by atoms with Gasteiger partial charge in [-0.1, -0.05) is 0 Å². The monoisotopic (exact) mass is 326 g/mol. The Morgan fingerprint density at radius 1 is 0.500 bits per heavy atom. The van der Waals surface area contributed by atoms with Gasteiger partial charge in [0.2, 0.25) is 0 Å². The lowest BCUT2D eigenvalue weighted by Gasteiger charge is -2.40. The van der Waals surface area contributed by atoms with Gasteiger partial charge in [-0.3, -0.25) is 0 Å². The minimum Gasteiger partial charge on any atom is -0.395 e. The first-order valence-electron chi connectivity index (χ1n) is 6.34. The van der Waals surface area contributed by atoms with Crippen LogP contribution in [0.3, 0.4) is 0 Å². The van der Waals surface area contributed by atoms with Gasteiger partial charge in [0.1, 0.15) is 0 Å². The Hall–Kier alpha value is 0.708. The van der Waals surface area contributed by atoms with Gasteiger partial charge in [0.15, 0.2) is 25.0 Å². The van der Waals surface area contributed by atoms with E-state index in [1.54, 1.807) is 7.11 Å². The summed E-state index contributed by atoms with van der Waals surface area (Å²) in [4.78, 5) is 0. The molecule has 0 bridgehead atoms. The van der Waals surface area contributed by atoms with Crippen LogP contribution in [0.4, 0.5) is 0 Å². The molecule has 0 heterocycles. The van der Waals surface area contributed by atoms with E-state index in [0.29, 0.717) is 0 Å². The smallest absolute Gasteiger partial charge is 0.395 e. The zero-order valence-corrected chi connectivity index (χ0v) is 17.6. The minimum absolute atomic E-state index is 1.65. The molecule has 0 unspecified atom stereocenters. The van der Waals surface area contributed by atoms with E-state index in [0.717, 1.165) is 0 Å². The predicted molar refractivity (Wildman–Crippen MR) is 86.1 cm³/mol. The van der Waals surface area contributed by atoms with Crippen LogP contribution in [0.5, 0.6) is 0 Å². The van der Waals surface area contributed by atoms with Gasteiger partial charge >= 0.3 is 9.05 Å². The third-order valence-corrected chi connectivity index (χ3v) is 12.4. The van der Waals surface area contributed by atoms with Crippen molar-refractivity contribution in [1.82, 2.24) is 0 Å². The van der Waals surface area contributed by atoms with E-state index in [-0.39, 0.29) is 0 Å². The van der Waals surface area contributed by atoms with E-state index in [1.807, 2.05) is 0 Å². The van der Waals surface area contributed by atoms with E-state index < -0.39 is 34.0 Å². The van der Waals surface area contributed by atoms with Crippen molar-refractivity contribution < 1.29 is 16.8 Å². The molecule has 110 valence electrons. The molecule has 0 spiro atoms. The fourth-order valence-electron chi connectivity index (χ4n) is 1.31. The normalized spacial score (nSPS) is 15.0. The van der Waals surface area contributed by atoms with Crippen LogP contribution < -0.4 is 0 Å². The highest BCUT2D eigenvalue weighted by atomic mass is 28.5. The summed E-state index contributed by atoms with van der Waals surface area (Å²) in [6.45, 7) is 19.2. The largest absolute Gasteiger partial charge is 0.647 e. The molecule has 0 aliphatic rings. The van der Waals surface area contributed by atoms with Gasteiger partial charge in [-0.2, -0.15) is 0 Å². The Bertz CT molecular complexity index is 224. The summed E-state index contributed by atoms with van der Waals surface area (Å²) in [6.07, 6.45) is 0. The SMILES string of the molecule is CO[Si](O[Si](C)(C)C)(O[Si](C)(C)C)O[Si](C)(C)C. The Kier molecular flexibility index (Phi) is 6.23. The highest BCUT2D eigenvalue weighted by Crippen LogP contribution is 2.25. The second-order valence-corrected chi connectivity index (χ2v) is 23.9. The van der Waals surface area contributed by atoms with Crippen molar-refractivity contribution in [3.05, 3.63) is 0 Å². The average Bonchev–Trinajstić information content (AvgIpc) is 1.93. The summed E-state index contributed by atoms with van der Waals surface area (Å²) in [5, 5.41) is 0. The molecule has 0 aliphatic carbocycles. The van der Waals surface area contributed by atoms with Crippen LogP contribution in [0.15, 0.2) is 0 Å². The average molecular weight is 327 g/mol. The molecule has 0 radical (unpaired) electrons. The van der Waals surface area contributed by atoms with E-state index in [2.05, 4.69) is 58.9 Å². The molecule has 0 atom stereocenters. The van der Waals surface area contributed by atoms with Gasteiger partial charge in [-0.25, -0.2) is 0 Å². The molecule has 0 amide bonds. The second-order valence-electron chi connectivity index (χ2n) is 7.35. The summed E-state index contributed by atoms with van der Waals surface area (Å²) in [5.41, 5.74) is 0. The topological polar surface area (TPSA) is 36.9 Å². The van der Waals surface area contributed by atoms with Crippen LogP contribution in [0.25, 0.3) is 0 Å². The van der Waals surface area contributed by atoms with Gasteiger partial charge in [0.05, 0.1) is 0 Å². The Morgan fingerprint density at radius 2 is 0.722 bits per heavy atom. The standard InChI is InChI=1S/C10H30O4Si4/c1-11-18(12-15(2,3)4,13-16(5,6)7)14-17(8,9)10/h1-10H3. The maximum absolute atomic E-state index is 6.21. The maximum atomic E-state index is 6.21. The molecule has 18 heavy (non-hydrogen) atoms. The van der Waals surface area contributed by atoms with Crippen molar-refractivity contribution >= 4 is 34.0 Å². The molecule has 0 fully saturated rings. The van der Waals surface area contributed by atoms with Crippen molar-refractivity contribution in [2.75, 3.05) is 7.11 Å².